The Morgan fingerprint density at radius 2 is 2.12 bits per heavy atom. The van der Waals surface area contributed by atoms with Crippen LogP contribution in [0.1, 0.15) is 68.2 Å². The number of hydrogen-bond acceptors (Lipinski definition) is 3. The summed E-state index contributed by atoms with van der Waals surface area (Å²) in [6, 6.07) is 2.33. The number of rotatable bonds is 5. The van der Waals surface area contributed by atoms with Gasteiger partial charge in [0.2, 0.25) is 0 Å². The van der Waals surface area contributed by atoms with Crippen molar-refractivity contribution in [3.63, 3.8) is 0 Å². The first-order valence-corrected chi connectivity index (χ1v) is 9.52. The van der Waals surface area contributed by atoms with Crippen molar-refractivity contribution in [2.24, 2.45) is 5.92 Å². The molecule has 0 bridgehead atoms. The van der Waals surface area contributed by atoms with E-state index in [9.17, 15) is 4.79 Å². The molecule has 0 saturated carbocycles. The predicted molar refractivity (Wildman–Crippen MR) is 97.2 cm³/mol. The summed E-state index contributed by atoms with van der Waals surface area (Å²) in [5, 5.41) is 9.07. The fourth-order valence-electron chi connectivity index (χ4n) is 4.44. The van der Waals surface area contributed by atoms with Gasteiger partial charge < -0.3 is 4.79 Å². The van der Waals surface area contributed by atoms with Gasteiger partial charge in [0.05, 0.1) is 0 Å². The third-order valence-electron chi connectivity index (χ3n) is 5.84. The number of ketones is 1. The number of aromatic nitrogens is 1. The maximum absolute atomic E-state index is 11.8. The van der Waals surface area contributed by atoms with Crippen molar-refractivity contribution >= 4 is 12.5 Å². The van der Waals surface area contributed by atoms with E-state index in [2.05, 4.69) is 12.0 Å². The van der Waals surface area contributed by atoms with E-state index < -0.39 is 0 Å². The number of hydrogen-bond donors (Lipinski definition) is 0. The molecule has 0 spiro atoms. The number of carbonyl (C=O) groups is 1. The molecule has 1 aromatic rings. The lowest BCUT2D eigenvalue weighted by molar-refractivity contribution is -0.117. The second-order valence-electron chi connectivity index (χ2n) is 7.77. The van der Waals surface area contributed by atoms with Gasteiger partial charge in [-0.1, -0.05) is 31.5 Å². The summed E-state index contributed by atoms with van der Waals surface area (Å²) in [5.74, 6) is 3.62. The lowest BCUT2D eigenvalue weighted by Crippen LogP contribution is -2.22. The molecule has 0 N–H and O–H groups in total. The van der Waals surface area contributed by atoms with Crippen LogP contribution in [0.5, 0.6) is 0 Å². The molecule has 0 aromatic carbocycles. The first-order valence-electron chi connectivity index (χ1n) is 9.52. The number of nitrogens with zero attached hydrogens (tertiary/aromatic N) is 2. The number of fused-ring (bicyclic) bond motifs is 1. The summed E-state index contributed by atoms with van der Waals surface area (Å²) in [5.41, 5.74) is 3.93. The van der Waals surface area contributed by atoms with Crippen LogP contribution in [0.25, 0.3) is 0 Å². The maximum Gasteiger partial charge on any atom is 0.267 e. The highest BCUT2D eigenvalue weighted by Gasteiger charge is 2.27. The summed E-state index contributed by atoms with van der Waals surface area (Å²) in [4.78, 5) is 16.5. The molecule has 3 rings (SSSR count). The smallest absolute Gasteiger partial charge is 0.267 e. The van der Waals surface area contributed by atoms with Gasteiger partial charge in [-0.25, -0.2) is 5.26 Å². The highest BCUT2D eigenvalue weighted by atomic mass is 16.1. The summed E-state index contributed by atoms with van der Waals surface area (Å²) >= 11 is 0. The molecule has 1 atom stereocenters. The number of nitriles is 1. The van der Waals surface area contributed by atoms with Crippen LogP contribution in [0.3, 0.4) is 0 Å². The molecule has 4 heteroatoms. The minimum absolute atomic E-state index is 0.248. The largest absolute Gasteiger partial charge is 0.300 e. The lowest BCUT2D eigenvalue weighted by atomic mass is 9.41. The molecule has 0 amide bonds. The Hall–Kier alpha value is -1.63. The first kappa shape index (κ1) is 17.2. The van der Waals surface area contributed by atoms with Crippen LogP contribution in [0.2, 0.25) is 12.6 Å². The number of carbonyl (C=O) groups excluding carboxylic acids is 1. The van der Waals surface area contributed by atoms with Crippen molar-refractivity contribution in [1.29, 1.82) is 5.26 Å². The Kier molecular flexibility index (Phi) is 5.71. The quantitative estimate of drug-likeness (QED) is 0.756. The normalized spacial score (nSPS) is 19.4. The predicted octanol–water partition coefficient (Wildman–Crippen LogP) is 4.38. The van der Waals surface area contributed by atoms with Gasteiger partial charge >= 0.3 is 0 Å². The zero-order chi connectivity index (χ0) is 16.9. The van der Waals surface area contributed by atoms with E-state index >= 15 is 0 Å². The molecule has 0 radical (unpaired) electrons. The second kappa shape index (κ2) is 7.97. The van der Waals surface area contributed by atoms with Gasteiger partial charge in [-0.15, -0.1) is 0 Å². The highest BCUT2D eigenvalue weighted by molar-refractivity contribution is 6.67. The van der Waals surface area contributed by atoms with Crippen LogP contribution in [0.4, 0.5) is 0 Å². The van der Waals surface area contributed by atoms with Crippen molar-refractivity contribution < 1.29 is 4.79 Å². The summed E-state index contributed by atoms with van der Waals surface area (Å²) < 4.78 is 0. The molecular formula is C20H27BN2O. The Balaban J connectivity index is 1.72. The Bertz CT molecular complexity index is 629. The Labute approximate surface area is 145 Å². The van der Waals surface area contributed by atoms with Crippen LogP contribution in [0, 0.1) is 17.1 Å². The van der Waals surface area contributed by atoms with Crippen LogP contribution in [-0.4, -0.2) is 17.5 Å². The van der Waals surface area contributed by atoms with E-state index in [4.69, 9.17) is 10.2 Å². The molecule has 1 fully saturated rings. The van der Waals surface area contributed by atoms with Crippen molar-refractivity contribution in [1.82, 2.24) is 4.98 Å². The molecule has 1 aliphatic heterocycles. The molecule has 3 nitrogen and oxygen atoms in total. The topological polar surface area (TPSA) is 53.8 Å². The van der Waals surface area contributed by atoms with Gasteiger partial charge in [-0.05, 0) is 62.0 Å². The van der Waals surface area contributed by atoms with Gasteiger partial charge in [-0.2, -0.15) is 0 Å². The van der Waals surface area contributed by atoms with Crippen molar-refractivity contribution in [3.8, 4) is 5.97 Å². The molecule has 2 heterocycles. The van der Waals surface area contributed by atoms with E-state index in [0.717, 1.165) is 44.7 Å². The maximum atomic E-state index is 11.8. The number of pyridine rings is 1. The summed E-state index contributed by atoms with van der Waals surface area (Å²) in [7, 11) is 0. The Morgan fingerprint density at radius 1 is 1.38 bits per heavy atom. The van der Waals surface area contributed by atoms with Gasteiger partial charge in [0.15, 0.2) is 0 Å². The zero-order valence-electron chi connectivity index (χ0n) is 14.8. The molecule has 1 saturated heterocycles. The minimum Gasteiger partial charge on any atom is -0.300 e. The molecule has 126 valence electrons. The van der Waals surface area contributed by atoms with Gasteiger partial charge in [0, 0.05) is 24.3 Å². The minimum atomic E-state index is 0.248. The van der Waals surface area contributed by atoms with E-state index in [0.29, 0.717) is 18.3 Å². The molecule has 24 heavy (non-hydrogen) atoms. The Morgan fingerprint density at radius 3 is 2.83 bits per heavy atom. The van der Waals surface area contributed by atoms with E-state index in [1.807, 2.05) is 6.20 Å². The van der Waals surface area contributed by atoms with Crippen molar-refractivity contribution in [3.05, 3.63) is 29.1 Å². The monoisotopic (exact) mass is 322 g/mol. The van der Waals surface area contributed by atoms with Crippen molar-refractivity contribution in [2.45, 2.75) is 76.8 Å². The lowest BCUT2D eigenvalue weighted by Gasteiger charge is -2.28. The molecule has 2 aliphatic rings. The van der Waals surface area contributed by atoms with Gasteiger partial charge in [-0.3, -0.25) is 4.98 Å². The SMILES string of the molecule is CC(=O)C[C@H](CC1CCB(C#N)CC1)c1cnc2c(c1)CCCC2. The fourth-order valence-corrected chi connectivity index (χ4v) is 4.44. The highest BCUT2D eigenvalue weighted by Crippen LogP contribution is 2.36. The van der Waals surface area contributed by atoms with Crippen LogP contribution < -0.4 is 0 Å². The summed E-state index contributed by atoms with van der Waals surface area (Å²) in [6.07, 6.45) is 12.8. The average Bonchev–Trinajstić information content (AvgIpc) is 2.61. The third-order valence-corrected chi connectivity index (χ3v) is 5.84. The van der Waals surface area contributed by atoms with Gasteiger partial charge in [0.25, 0.3) is 6.71 Å². The molecule has 0 unspecified atom stereocenters. The van der Waals surface area contributed by atoms with E-state index in [-0.39, 0.29) is 12.5 Å². The van der Waals surface area contributed by atoms with Crippen LogP contribution >= 0.6 is 0 Å². The van der Waals surface area contributed by atoms with E-state index in [1.54, 1.807) is 6.92 Å². The number of Topliss-reactive ketones (excluding diaryl/α,β-unsaturated/α-hetero) is 1. The average molecular weight is 322 g/mol. The fraction of sp³-hybridized carbons (Fsp3) is 0.650. The standard InChI is InChI=1S/C20H27BN2O/c1-15(24)10-18(11-16-6-8-21(14-22)9-7-16)19-12-17-4-2-3-5-20(17)23-13-19/h12-13,16,18H,2-11H2,1H3/t18-/m1/s1. The number of aryl methyl sites for hydroxylation is 2. The third kappa shape index (κ3) is 4.26. The van der Waals surface area contributed by atoms with Crippen LogP contribution in [-0.2, 0) is 17.6 Å². The molecular weight excluding hydrogens is 295 g/mol. The molecule has 1 aromatic heterocycles. The first-order chi connectivity index (χ1) is 11.7. The summed E-state index contributed by atoms with van der Waals surface area (Å²) in [6.45, 7) is 1.95. The van der Waals surface area contributed by atoms with Crippen LogP contribution in [0.15, 0.2) is 12.3 Å². The van der Waals surface area contributed by atoms with E-state index in [1.165, 1.54) is 29.7 Å². The zero-order valence-corrected chi connectivity index (χ0v) is 14.8. The van der Waals surface area contributed by atoms with Gasteiger partial charge in [0.1, 0.15) is 5.78 Å². The van der Waals surface area contributed by atoms with Crippen molar-refractivity contribution in [2.75, 3.05) is 0 Å². The second-order valence-corrected chi connectivity index (χ2v) is 7.77. The molecule has 1 aliphatic carbocycles.